The number of anilines is 1. The predicted octanol–water partition coefficient (Wildman–Crippen LogP) is 3.24. The monoisotopic (exact) mass is 361 g/mol. The Bertz CT molecular complexity index is 836. The van der Waals surface area contributed by atoms with E-state index in [4.69, 9.17) is 4.74 Å². The number of carbonyl (C=O) groups excluding carboxylic acids is 1. The van der Waals surface area contributed by atoms with Crippen LogP contribution in [0.5, 0.6) is 0 Å². The third-order valence-corrected chi connectivity index (χ3v) is 5.28. The summed E-state index contributed by atoms with van der Waals surface area (Å²) in [5.74, 6) is -0.983. The van der Waals surface area contributed by atoms with Gasteiger partial charge in [-0.25, -0.2) is 13.8 Å². The summed E-state index contributed by atoms with van der Waals surface area (Å²) < 4.78 is 36.2. The average Bonchev–Trinajstić information content (AvgIpc) is 3.31. The molecule has 5 nitrogen and oxygen atoms in total. The van der Waals surface area contributed by atoms with Crippen LogP contribution in [0.3, 0.4) is 0 Å². The van der Waals surface area contributed by atoms with E-state index in [-0.39, 0.29) is 23.7 Å². The van der Waals surface area contributed by atoms with Gasteiger partial charge in [-0.1, -0.05) is 0 Å². The standard InChI is InChI=1S/C19H21F2N3O2/c1-2-23-10-8-22-18(23)17-13(4-3-11-26-17)19(25)24-9-7-12-14(20)5-6-15(21)16(12)24/h5-6,8,10,13,17H,2-4,7,9,11H2,1H3/t13-,17-/m1/s1. The van der Waals surface area contributed by atoms with Gasteiger partial charge < -0.3 is 14.2 Å². The van der Waals surface area contributed by atoms with E-state index in [1.54, 1.807) is 6.20 Å². The van der Waals surface area contributed by atoms with Crippen molar-refractivity contribution in [2.24, 2.45) is 5.92 Å². The molecule has 0 bridgehead atoms. The molecule has 1 fully saturated rings. The highest BCUT2D eigenvalue weighted by atomic mass is 19.1. The summed E-state index contributed by atoms with van der Waals surface area (Å²) in [7, 11) is 0. The second-order valence-electron chi connectivity index (χ2n) is 6.71. The molecule has 1 aromatic heterocycles. The molecule has 0 saturated carbocycles. The van der Waals surface area contributed by atoms with E-state index in [2.05, 4.69) is 4.98 Å². The van der Waals surface area contributed by atoms with Gasteiger partial charge in [0, 0.05) is 37.7 Å². The minimum absolute atomic E-state index is 0.0816. The van der Waals surface area contributed by atoms with Crippen LogP contribution in [-0.4, -0.2) is 28.6 Å². The lowest BCUT2D eigenvalue weighted by molar-refractivity contribution is -0.132. The van der Waals surface area contributed by atoms with Crippen molar-refractivity contribution >= 4 is 11.6 Å². The van der Waals surface area contributed by atoms with Crippen LogP contribution in [0.4, 0.5) is 14.5 Å². The molecule has 0 unspecified atom stereocenters. The van der Waals surface area contributed by atoms with Gasteiger partial charge in [-0.05, 0) is 38.3 Å². The van der Waals surface area contributed by atoms with Crippen molar-refractivity contribution in [2.45, 2.75) is 38.8 Å². The normalized spacial score (nSPS) is 22.5. The lowest BCUT2D eigenvalue weighted by Gasteiger charge is -2.33. The Kier molecular flexibility index (Phi) is 4.48. The van der Waals surface area contributed by atoms with Crippen molar-refractivity contribution < 1.29 is 18.3 Å². The van der Waals surface area contributed by atoms with E-state index in [9.17, 15) is 13.6 Å². The van der Waals surface area contributed by atoms with Crippen molar-refractivity contribution in [3.63, 3.8) is 0 Å². The number of rotatable bonds is 3. The second kappa shape index (κ2) is 6.79. The number of hydrogen-bond acceptors (Lipinski definition) is 3. The maximum absolute atomic E-state index is 14.3. The molecule has 4 rings (SSSR count). The molecule has 1 amide bonds. The van der Waals surface area contributed by atoms with Gasteiger partial charge in [0.05, 0.1) is 11.6 Å². The maximum atomic E-state index is 14.3. The van der Waals surface area contributed by atoms with Gasteiger partial charge in [-0.15, -0.1) is 0 Å². The molecule has 0 spiro atoms. The van der Waals surface area contributed by atoms with Crippen molar-refractivity contribution in [1.29, 1.82) is 0 Å². The molecule has 2 aliphatic heterocycles. The minimum atomic E-state index is -0.560. The minimum Gasteiger partial charge on any atom is -0.369 e. The Labute approximate surface area is 150 Å². The number of imidazole rings is 1. The van der Waals surface area contributed by atoms with Crippen LogP contribution in [0.1, 0.15) is 37.3 Å². The number of amides is 1. The number of aromatic nitrogens is 2. The quantitative estimate of drug-likeness (QED) is 0.843. The zero-order valence-electron chi connectivity index (χ0n) is 14.6. The lowest BCUT2D eigenvalue weighted by atomic mass is 9.92. The van der Waals surface area contributed by atoms with Gasteiger partial charge in [0.2, 0.25) is 5.91 Å². The average molecular weight is 361 g/mol. The van der Waals surface area contributed by atoms with Gasteiger partial charge >= 0.3 is 0 Å². The summed E-state index contributed by atoms with van der Waals surface area (Å²) in [5, 5.41) is 0. The molecule has 3 heterocycles. The molecule has 1 saturated heterocycles. The summed E-state index contributed by atoms with van der Waals surface area (Å²) in [6.07, 6.45) is 4.81. The van der Waals surface area contributed by atoms with E-state index in [0.29, 0.717) is 25.3 Å². The summed E-state index contributed by atoms with van der Waals surface area (Å²) in [4.78, 5) is 19.0. The molecule has 26 heavy (non-hydrogen) atoms. The van der Waals surface area contributed by atoms with Crippen LogP contribution in [0.15, 0.2) is 24.5 Å². The van der Waals surface area contributed by atoms with Crippen molar-refractivity contribution in [3.05, 3.63) is 47.5 Å². The first-order chi connectivity index (χ1) is 12.6. The number of benzene rings is 1. The first kappa shape index (κ1) is 17.1. The fourth-order valence-electron chi connectivity index (χ4n) is 4.00. The Balaban J connectivity index is 1.67. The van der Waals surface area contributed by atoms with Gasteiger partial charge in [0.15, 0.2) is 0 Å². The van der Waals surface area contributed by atoms with Gasteiger partial charge in [-0.2, -0.15) is 0 Å². The van der Waals surface area contributed by atoms with Gasteiger partial charge in [0.25, 0.3) is 0 Å². The Morgan fingerprint density at radius 1 is 1.35 bits per heavy atom. The van der Waals surface area contributed by atoms with Crippen molar-refractivity contribution in [3.8, 4) is 0 Å². The molecule has 7 heteroatoms. The smallest absolute Gasteiger partial charge is 0.233 e. The summed E-state index contributed by atoms with van der Waals surface area (Å²) in [6, 6.07) is 2.20. The van der Waals surface area contributed by atoms with Gasteiger partial charge in [-0.3, -0.25) is 4.79 Å². The molecule has 2 aromatic rings. The molecule has 2 atom stereocenters. The first-order valence-corrected chi connectivity index (χ1v) is 9.02. The molecule has 0 N–H and O–H groups in total. The lowest BCUT2D eigenvalue weighted by Crippen LogP contribution is -2.41. The molecular formula is C19H21F2N3O2. The fourth-order valence-corrected chi connectivity index (χ4v) is 4.00. The number of halogens is 2. The number of nitrogens with zero attached hydrogens (tertiary/aromatic N) is 3. The number of hydrogen-bond donors (Lipinski definition) is 0. The fraction of sp³-hybridized carbons (Fsp3) is 0.474. The third-order valence-electron chi connectivity index (χ3n) is 5.28. The SMILES string of the molecule is CCn1ccnc1[C@@H]1OCCC[C@H]1C(=O)N1CCc2c(F)ccc(F)c21. The molecular weight excluding hydrogens is 340 g/mol. The van der Waals surface area contributed by atoms with Crippen molar-refractivity contribution in [1.82, 2.24) is 9.55 Å². The summed E-state index contributed by atoms with van der Waals surface area (Å²) in [5.41, 5.74) is 0.361. The van der Waals surface area contributed by atoms with E-state index in [1.165, 1.54) is 4.90 Å². The third kappa shape index (κ3) is 2.70. The van der Waals surface area contributed by atoms with Crippen LogP contribution in [-0.2, 0) is 22.5 Å². The van der Waals surface area contributed by atoms with E-state index in [0.717, 1.165) is 25.1 Å². The Morgan fingerprint density at radius 3 is 2.96 bits per heavy atom. The zero-order chi connectivity index (χ0) is 18.3. The molecule has 2 aliphatic rings. The van der Waals surface area contributed by atoms with E-state index in [1.807, 2.05) is 17.7 Å². The maximum Gasteiger partial charge on any atom is 0.233 e. The topological polar surface area (TPSA) is 47.4 Å². The Morgan fingerprint density at radius 2 is 2.15 bits per heavy atom. The molecule has 0 aliphatic carbocycles. The van der Waals surface area contributed by atoms with Crippen LogP contribution in [0, 0.1) is 17.6 Å². The number of aryl methyl sites for hydroxylation is 1. The van der Waals surface area contributed by atoms with Crippen molar-refractivity contribution in [2.75, 3.05) is 18.1 Å². The summed E-state index contributed by atoms with van der Waals surface area (Å²) >= 11 is 0. The molecule has 1 aromatic carbocycles. The highest BCUT2D eigenvalue weighted by molar-refractivity contribution is 5.97. The molecule has 138 valence electrons. The predicted molar refractivity (Wildman–Crippen MR) is 91.7 cm³/mol. The van der Waals surface area contributed by atoms with Crippen LogP contribution in [0.2, 0.25) is 0 Å². The second-order valence-corrected chi connectivity index (χ2v) is 6.71. The zero-order valence-corrected chi connectivity index (χ0v) is 14.6. The number of carbonyl (C=O) groups is 1. The van der Waals surface area contributed by atoms with Crippen LogP contribution >= 0.6 is 0 Å². The van der Waals surface area contributed by atoms with Gasteiger partial charge in [0.1, 0.15) is 23.6 Å². The Hall–Kier alpha value is -2.28. The number of fused-ring (bicyclic) bond motifs is 1. The van der Waals surface area contributed by atoms with E-state index >= 15 is 0 Å². The molecule has 0 radical (unpaired) electrons. The first-order valence-electron chi connectivity index (χ1n) is 9.02. The van der Waals surface area contributed by atoms with Crippen LogP contribution < -0.4 is 4.90 Å². The van der Waals surface area contributed by atoms with Crippen LogP contribution in [0.25, 0.3) is 0 Å². The highest BCUT2D eigenvalue weighted by Crippen LogP contribution is 2.39. The van der Waals surface area contributed by atoms with E-state index < -0.39 is 23.7 Å². The number of ether oxygens (including phenoxy) is 1. The summed E-state index contributed by atoms with van der Waals surface area (Å²) in [6.45, 7) is 3.57. The largest absolute Gasteiger partial charge is 0.369 e. The highest BCUT2D eigenvalue weighted by Gasteiger charge is 2.41.